The van der Waals surface area contributed by atoms with Crippen LogP contribution in [0.25, 0.3) is 193 Å². The third kappa shape index (κ3) is 6.80. The first kappa shape index (κ1) is 50.0. The quantitative estimate of drug-likeness (QED) is 0.155. The first-order chi connectivity index (χ1) is 44.9. The lowest BCUT2D eigenvalue weighted by Crippen LogP contribution is -2.15. The van der Waals surface area contributed by atoms with Gasteiger partial charge in [-0.1, -0.05) is 196 Å². The molecule has 1 aliphatic rings. The zero-order valence-electron chi connectivity index (χ0n) is 49.8. The van der Waals surface area contributed by atoms with Gasteiger partial charge in [0.05, 0.1) is 42.8 Å². The SMILES string of the molecule is CC1(C)c2cc3c4ccc(-c5ccc6c(c5)c5ccccc5n6-c5cccc6c5sc5ccccc56)cc4c4ccccc4c3cc2-c2cc3c4ccccc4c4cc(-c5ccc6c(c5)c5ccccc5n6-c5cccc6c5sc5ccccc56)ccc4c3cc21. The molecule has 1 aliphatic carbocycles. The van der Waals surface area contributed by atoms with Gasteiger partial charge in [-0.15, -0.1) is 22.7 Å². The van der Waals surface area contributed by atoms with Crippen molar-refractivity contribution in [1.82, 2.24) is 9.13 Å². The van der Waals surface area contributed by atoms with Crippen LogP contribution in [-0.4, -0.2) is 9.13 Å². The van der Waals surface area contributed by atoms with E-state index >= 15 is 0 Å². The number of benzene rings is 16. The Morgan fingerprint density at radius 1 is 0.231 bits per heavy atom. The molecular formula is C87H52N2S2. The molecule has 0 amide bonds. The van der Waals surface area contributed by atoms with Crippen LogP contribution in [0.4, 0.5) is 0 Å². The molecule has 0 N–H and O–H groups in total. The second kappa shape index (κ2) is 18.1. The number of fused-ring (bicyclic) bond motifs is 27. The van der Waals surface area contributed by atoms with E-state index in [2.05, 4.69) is 302 Å². The number of aromatic nitrogens is 2. The van der Waals surface area contributed by atoms with Crippen LogP contribution in [0.1, 0.15) is 25.0 Å². The van der Waals surface area contributed by atoms with Crippen LogP contribution in [0.5, 0.6) is 0 Å². The van der Waals surface area contributed by atoms with Gasteiger partial charge in [0.25, 0.3) is 0 Å². The summed E-state index contributed by atoms with van der Waals surface area (Å²) in [7, 11) is 0. The first-order valence-electron chi connectivity index (χ1n) is 31.6. The normalized spacial score (nSPS) is 13.3. The molecule has 91 heavy (non-hydrogen) atoms. The van der Waals surface area contributed by atoms with Gasteiger partial charge >= 0.3 is 0 Å². The summed E-state index contributed by atoms with van der Waals surface area (Å²) in [6, 6.07) is 106. The third-order valence-corrected chi connectivity index (χ3v) is 23.3. The molecular weight excluding hydrogens is 1140 g/mol. The van der Waals surface area contributed by atoms with Crippen LogP contribution in [0.2, 0.25) is 0 Å². The lowest BCUT2D eigenvalue weighted by atomic mass is 9.80. The molecule has 4 heterocycles. The van der Waals surface area contributed by atoms with Crippen LogP contribution in [0.15, 0.2) is 279 Å². The van der Waals surface area contributed by atoms with Crippen molar-refractivity contribution in [3.63, 3.8) is 0 Å². The van der Waals surface area contributed by atoms with E-state index in [0.29, 0.717) is 0 Å². The molecule has 0 spiro atoms. The van der Waals surface area contributed by atoms with Crippen molar-refractivity contribution in [3.8, 4) is 44.8 Å². The van der Waals surface area contributed by atoms with E-state index in [1.807, 2.05) is 22.7 Å². The molecule has 4 aromatic heterocycles. The highest BCUT2D eigenvalue weighted by molar-refractivity contribution is 7.26. The predicted molar refractivity (Wildman–Crippen MR) is 394 cm³/mol. The fourth-order valence-electron chi connectivity index (χ4n) is 16.6. The van der Waals surface area contributed by atoms with E-state index < -0.39 is 0 Å². The number of rotatable bonds is 4. The average molecular weight is 1190 g/mol. The van der Waals surface area contributed by atoms with Crippen molar-refractivity contribution in [2.75, 3.05) is 0 Å². The largest absolute Gasteiger partial charge is 0.308 e. The summed E-state index contributed by atoms with van der Waals surface area (Å²) < 4.78 is 10.2. The highest BCUT2D eigenvalue weighted by atomic mass is 32.1. The Morgan fingerprint density at radius 3 is 0.967 bits per heavy atom. The van der Waals surface area contributed by atoms with Crippen molar-refractivity contribution in [3.05, 3.63) is 290 Å². The van der Waals surface area contributed by atoms with Crippen molar-refractivity contribution < 1.29 is 0 Å². The topological polar surface area (TPSA) is 9.86 Å². The van der Waals surface area contributed by atoms with E-state index in [1.165, 1.54) is 204 Å². The zero-order chi connectivity index (χ0) is 59.5. The van der Waals surface area contributed by atoms with Crippen molar-refractivity contribution in [1.29, 1.82) is 0 Å². The van der Waals surface area contributed by atoms with Gasteiger partial charge in [0, 0.05) is 57.9 Å². The second-order valence-electron chi connectivity index (χ2n) is 25.8. The maximum absolute atomic E-state index is 2.56. The van der Waals surface area contributed by atoms with Gasteiger partial charge in [0.15, 0.2) is 0 Å². The number of para-hydroxylation sites is 2. The smallest absolute Gasteiger partial charge is 0.0640 e. The van der Waals surface area contributed by atoms with E-state index in [9.17, 15) is 0 Å². The minimum absolute atomic E-state index is 0.253. The monoisotopic (exact) mass is 1190 g/mol. The van der Waals surface area contributed by atoms with Crippen molar-refractivity contribution in [2.24, 2.45) is 0 Å². The third-order valence-electron chi connectivity index (χ3n) is 20.8. The second-order valence-corrected chi connectivity index (χ2v) is 27.9. The first-order valence-corrected chi connectivity index (χ1v) is 33.3. The minimum atomic E-state index is -0.253. The van der Waals surface area contributed by atoms with E-state index in [-0.39, 0.29) is 5.41 Å². The van der Waals surface area contributed by atoms with Crippen molar-refractivity contribution >= 4 is 171 Å². The summed E-state index contributed by atoms with van der Waals surface area (Å²) in [5.41, 5.74) is 17.4. The fourth-order valence-corrected chi connectivity index (χ4v) is 19.0. The average Bonchev–Trinajstić information content (AvgIpc) is 1.66. The standard InChI is InChI=1S/C87H52N2S2/c1-87(2)75-47-69-57-37-33-49(51-35-39-79-73(43-51)59-21-7-11-27-77(59)88(79)81-29-15-25-63-61-23-9-13-31-83(61)90-85(63)81)41-65(57)53-17-3-5-19-55(53)67(69)45-71(75)72-46-68-56-20-6-4-18-54(56)66-42-50(34-38-58(66)70(68)48-76(72)87)52-36-40-80-74(44-52)60-22-8-12-28-78(60)89(80)82-30-16-26-64-62-24-10-14-32-84(62)91-86(64)82/h3-48H,1-2H3. The molecule has 0 fully saturated rings. The molecule has 0 atom stereocenters. The fraction of sp³-hybridized carbons (Fsp3) is 0.0345. The van der Waals surface area contributed by atoms with Gasteiger partial charge < -0.3 is 9.13 Å². The van der Waals surface area contributed by atoms with Gasteiger partial charge in [0.1, 0.15) is 0 Å². The molecule has 2 nitrogen and oxygen atoms in total. The molecule has 0 radical (unpaired) electrons. The van der Waals surface area contributed by atoms with Gasteiger partial charge in [-0.05, 0) is 206 Å². The molecule has 422 valence electrons. The van der Waals surface area contributed by atoms with Crippen LogP contribution in [0, 0.1) is 0 Å². The van der Waals surface area contributed by atoms with E-state index in [0.717, 1.165) is 0 Å². The lowest BCUT2D eigenvalue weighted by molar-refractivity contribution is 0.662. The number of hydrogen-bond donors (Lipinski definition) is 0. The summed E-state index contributed by atoms with van der Waals surface area (Å²) in [6.07, 6.45) is 0. The maximum atomic E-state index is 2.56. The summed E-state index contributed by atoms with van der Waals surface area (Å²) in [4.78, 5) is 0. The Hall–Kier alpha value is -10.9. The van der Waals surface area contributed by atoms with Crippen LogP contribution < -0.4 is 0 Å². The molecule has 0 unspecified atom stereocenters. The molecule has 0 bridgehead atoms. The summed E-state index contributed by atoms with van der Waals surface area (Å²) >= 11 is 3.78. The van der Waals surface area contributed by atoms with Gasteiger partial charge in [-0.3, -0.25) is 0 Å². The highest BCUT2D eigenvalue weighted by Crippen LogP contribution is 2.55. The summed E-state index contributed by atoms with van der Waals surface area (Å²) in [5, 5.41) is 25.8. The molecule has 0 aliphatic heterocycles. The maximum Gasteiger partial charge on any atom is 0.0640 e. The Kier molecular flexibility index (Phi) is 9.98. The molecule has 0 saturated carbocycles. The molecule has 0 saturated heterocycles. The summed E-state index contributed by atoms with van der Waals surface area (Å²) in [6.45, 7) is 4.90. The lowest BCUT2D eigenvalue weighted by Gasteiger charge is -2.23. The van der Waals surface area contributed by atoms with Gasteiger partial charge in [-0.2, -0.15) is 0 Å². The van der Waals surface area contributed by atoms with Gasteiger partial charge in [-0.25, -0.2) is 0 Å². The Morgan fingerprint density at radius 2 is 0.538 bits per heavy atom. The van der Waals surface area contributed by atoms with Crippen LogP contribution in [-0.2, 0) is 5.41 Å². The van der Waals surface area contributed by atoms with Gasteiger partial charge in [0.2, 0.25) is 0 Å². The zero-order valence-corrected chi connectivity index (χ0v) is 51.4. The molecule has 4 heteroatoms. The Balaban J connectivity index is 0.692. The number of thiophene rings is 2. The van der Waals surface area contributed by atoms with Crippen LogP contribution >= 0.6 is 22.7 Å². The Labute approximate surface area is 530 Å². The van der Waals surface area contributed by atoms with E-state index in [1.54, 1.807) is 0 Å². The molecule has 21 rings (SSSR count). The number of nitrogens with zero attached hydrogens (tertiary/aromatic N) is 2. The van der Waals surface area contributed by atoms with Crippen molar-refractivity contribution in [2.45, 2.75) is 19.3 Å². The highest BCUT2D eigenvalue weighted by Gasteiger charge is 2.37. The molecule has 16 aromatic carbocycles. The predicted octanol–water partition coefficient (Wildman–Crippen LogP) is 25.2. The molecule has 20 aromatic rings. The Bertz CT molecular complexity index is 6280. The minimum Gasteiger partial charge on any atom is -0.308 e. The number of hydrogen-bond acceptors (Lipinski definition) is 2. The summed E-state index contributed by atoms with van der Waals surface area (Å²) in [5.74, 6) is 0. The van der Waals surface area contributed by atoms with E-state index in [4.69, 9.17) is 0 Å². The van der Waals surface area contributed by atoms with Crippen LogP contribution in [0.3, 0.4) is 0 Å².